The molecule has 88 valence electrons. The highest BCUT2D eigenvalue weighted by Crippen LogP contribution is 2.27. The molecule has 0 bridgehead atoms. The average Bonchev–Trinajstić information content (AvgIpc) is 2.78. The molecule has 1 heterocycles. The van der Waals surface area contributed by atoms with E-state index in [9.17, 15) is 0 Å². The van der Waals surface area contributed by atoms with Crippen molar-refractivity contribution in [3.63, 3.8) is 0 Å². The summed E-state index contributed by atoms with van der Waals surface area (Å²) in [6.07, 6.45) is 1.34. The largest absolute Gasteiger partial charge is 0.497 e. The van der Waals surface area contributed by atoms with Crippen molar-refractivity contribution in [2.75, 3.05) is 30.5 Å². The lowest BCUT2D eigenvalue weighted by molar-refractivity contribution is 0.414. The van der Waals surface area contributed by atoms with E-state index in [2.05, 4.69) is 39.1 Å². The third-order valence-corrected chi connectivity index (χ3v) is 4.42. The zero-order valence-corrected chi connectivity index (χ0v) is 11.7. The number of hydrogen-bond acceptors (Lipinski definition) is 3. The van der Waals surface area contributed by atoms with Crippen LogP contribution in [-0.2, 0) is 0 Å². The second-order valence-corrected chi connectivity index (χ2v) is 6.06. The van der Waals surface area contributed by atoms with Crippen LogP contribution in [0.1, 0.15) is 6.42 Å². The quantitative estimate of drug-likeness (QED) is 0.918. The Kier molecular flexibility index (Phi) is 4.41. The van der Waals surface area contributed by atoms with Gasteiger partial charge in [-0.3, -0.25) is 0 Å². The number of benzene rings is 1. The van der Waals surface area contributed by atoms with Crippen molar-refractivity contribution in [1.82, 2.24) is 0 Å². The second-order valence-electron chi connectivity index (χ2n) is 3.99. The molecule has 0 spiro atoms. The van der Waals surface area contributed by atoms with Crippen molar-refractivity contribution in [3.05, 3.63) is 22.7 Å². The van der Waals surface area contributed by atoms with Gasteiger partial charge in [0, 0.05) is 22.8 Å². The van der Waals surface area contributed by atoms with Gasteiger partial charge in [0.15, 0.2) is 0 Å². The summed E-state index contributed by atoms with van der Waals surface area (Å²) < 4.78 is 6.28. The zero-order valence-electron chi connectivity index (χ0n) is 9.33. The van der Waals surface area contributed by atoms with E-state index in [1.807, 2.05) is 12.1 Å². The molecule has 4 heteroatoms. The van der Waals surface area contributed by atoms with Crippen LogP contribution in [0.4, 0.5) is 5.69 Å². The number of methoxy groups -OCH3 is 1. The van der Waals surface area contributed by atoms with Gasteiger partial charge in [-0.1, -0.05) is 15.9 Å². The molecule has 2 rings (SSSR count). The molecule has 16 heavy (non-hydrogen) atoms. The minimum absolute atomic E-state index is 0.815. The third-order valence-electron chi connectivity index (χ3n) is 2.73. The zero-order chi connectivity index (χ0) is 11.4. The Morgan fingerprint density at radius 3 is 3.06 bits per heavy atom. The van der Waals surface area contributed by atoms with Gasteiger partial charge in [0.05, 0.1) is 7.11 Å². The van der Waals surface area contributed by atoms with Gasteiger partial charge in [0.25, 0.3) is 0 Å². The first-order valence-electron chi connectivity index (χ1n) is 5.44. The molecule has 0 saturated carbocycles. The lowest BCUT2D eigenvalue weighted by Crippen LogP contribution is -2.13. The van der Waals surface area contributed by atoms with Crippen molar-refractivity contribution in [2.24, 2.45) is 5.92 Å². The van der Waals surface area contributed by atoms with E-state index in [4.69, 9.17) is 4.74 Å². The van der Waals surface area contributed by atoms with E-state index in [1.54, 1.807) is 7.11 Å². The number of halogens is 1. The Bertz CT molecular complexity index is 353. The van der Waals surface area contributed by atoms with E-state index in [0.29, 0.717) is 0 Å². The molecule has 1 aromatic rings. The number of nitrogens with one attached hydrogen (secondary N) is 1. The highest BCUT2D eigenvalue weighted by atomic mass is 79.9. The van der Waals surface area contributed by atoms with Crippen LogP contribution >= 0.6 is 27.7 Å². The molecular formula is C12H16BrNOS. The molecule has 1 saturated heterocycles. The average molecular weight is 302 g/mol. The van der Waals surface area contributed by atoms with Crippen molar-refractivity contribution in [3.8, 4) is 5.75 Å². The molecule has 1 aliphatic rings. The van der Waals surface area contributed by atoms with Crippen LogP contribution in [0.25, 0.3) is 0 Å². The minimum atomic E-state index is 0.815. The molecular weight excluding hydrogens is 286 g/mol. The fourth-order valence-corrected chi connectivity index (χ4v) is 3.55. The number of rotatable bonds is 4. The summed E-state index contributed by atoms with van der Waals surface area (Å²) in [5, 5.41) is 3.48. The SMILES string of the molecule is COc1cc(Br)cc(NCC2CCSC2)c1. The lowest BCUT2D eigenvalue weighted by atomic mass is 10.1. The summed E-state index contributed by atoms with van der Waals surface area (Å²) >= 11 is 5.54. The minimum Gasteiger partial charge on any atom is -0.497 e. The summed E-state index contributed by atoms with van der Waals surface area (Å²) in [6.45, 7) is 1.06. The van der Waals surface area contributed by atoms with E-state index in [-0.39, 0.29) is 0 Å². The fourth-order valence-electron chi connectivity index (χ4n) is 1.79. The van der Waals surface area contributed by atoms with Crippen LogP contribution in [0.15, 0.2) is 22.7 Å². The standard InChI is InChI=1S/C12H16BrNOS/c1-15-12-5-10(13)4-11(6-12)14-7-9-2-3-16-8-9/h4-6,9,14H,2-3,7-8H2,1H3. The Morgan fingerprint density at radius 2 is 2.38 bits per heavy atom. The topological polar surface area (TPSA) is 21.3 Å². The van der Waals surface area contributed by atoms with Gasteiger partial charge in [-0.15, -0.1) is 0 Å². The van der Waals surface area contributed by atoms with E-state index < -0.39 is 0 Å². The lowest BCUT2D eigenvalue weighted by Gasteiger charge is -2.12. The predicted molar refractivity (Wildman–Crippen MR) is 74.6 cm³/mol. The maximum Gasteiger partial charge on any atom is 0.122 e. The third kappa shape index (κ3) is 3.32. The summed E-state index contributed by atoms with van der Waals surface area (Å²) in [6, 6.07) is 6.09. The van der Waals surface area contributed by atoms with Gasteiger partial charge in [0.2, 0.25) is 0 Å². The summed E-state index contributed by atoms with van der Waals surface area (Å²) in [4.78, 5) is 0. The smallest absolute Gasteiger partial charge is 0.122 e. The molecule has 1 unspecified atom stereocenters. The predicted octanol–water partition coefficient (Wildman–Crippen LogP) is 3.62. The van der Waals surface area contributed by atoms with Crippen LogP contribution in [0.3, 0.4) is 0 Å². The van der Waals surface area contributed by atoms with Crippen molar-refractivity contribution in [1.29, 1.82) is 0 Å². The molecule has 1 aliphatic heterocycles. The first-order chi connectivity index (χ1) is 7.78. The molecule has 1 atom stereocenters. The van der Waals surface area contributed by atoms with Crippen LogP contribution in [0.2, 0.25) is 0 Å². The Labute approximate surface area is 109 Å². The monoisotopic (exact) mass is 301 g/mol. The Balaban J connectivity index is 1.94. The Morgan fingerprint density at radius 1 is 1.50 bits per heavy atom. The van der Waals surface area contributed by atoms with Crippen LogP contribution in [0.5, 0.6) is 5.75 Å². The van der Waals surface area contributed by atoms with Gasteiger partial charge < -0.3 is 10.1 Å². The fraction of sp³-hybridized carbons (Fsp3) is 0.500. The van der Waals surface area contributed by atoms with Gasteiger partial charge >= 0.3 is 0 Å². The number of thioether (sulfide) groups is 1. The maximum absolute atomic E-state index is 5.23. The molecule has 0 aromatic heterocycles. The Hall–Kier alpha value is -0.350. The van der Waals surface area contributed by atoms with Crippen molar-refractivity contribution < 1.29 is 4.74 Å². The van der Waals surface area contributed by atoms with E-state index in [0.717, 1.165) is 28.4 Å². The van der Waals surface area contributed by atoms with Gasteiger partial charge in [-0.2, -0.15) is 11.8 Å². The molecule has 0 amide bonds. The first-order valence-corrected chi connectivity index (χ1v) is 7.39. The number of hydrogen-bond donors (Lipinski definition) is 1. The van der Waals surface area contributed by atoms with Crippen molar-refractivity contribution in [2.45, 2.75) is 6.42 Å². The van der Waals surface area contributed by atoms with Crippen LogP contribution in [0, 0.1) is 5.92 Å². The summed E-state index contributed by atoms with van der Waals surface area (Å²) in [7, 11) is 1.69. The highest BCUT2D eigenvalue weighted by Gasteiger charge is 2.14. The van der Waals surface area contributed by atoms with Gasteiger partial charge in [0.1, 0.15) is 5.75 Å². The molecule has 1 N–H and O–H groups in total. The van der Waals surface area contributed by atoms with Gasteiger partial charge in [-0.05, 0) is 36.0 Å². The van der Waals surface area contributed by atoms with E-state index >= 15 is 0 Å². The molecule has 2 nitrogen and oxygen atoms in total. The second kappa shape index (κ2) is 5.82. The molecule has 1 fully saturated rings. The van der Waals surface area contributed by atoms with Crippen LogP contribution in [-0.4, -0.2) is 25.2 Å². The highest BCUT2D eigenvalue weighted by molar-refractivity contribution is 9.10. The van der Waals surface area contributed by atoms with Crippen LogP contribution < -0.4 is 10.1 Å². The normalized spacial score (nSPS) is 19.8. The maximum atomic E-state index is 5.23. The van der Waals surface area contributed by atoms with E-state index in [1.165, 1.54) is 17.9 Å². The molecule has 1 aromatic carbocycles. The first kappa shape index (κ1) is 12.1. The van der Waals surface area contributed by atoms with Gasteiger partial charge in [-0.25, -0.2) is 0 Å². The number of anilines is 1. The molecule has 0 radical (unpaired) electrons. The van der Waals surface area contributed by atoms with Crippen molar-refractivity contribution >= 4 is 33.4 Å². The molecule has 0 aliphatic carbocycles. The summed E-state index contributed by atoms with van der Waals surface area (Å²) in [5.41, 5.74) is 1.13. The number of ether oxygens (including phenoxy) is 1. The summed E-state index contributed by atoms with van der Waals surface area (Å²) in [5.74, 6) is 4.30.